The summed E-state index contributed by atoms with van der Waals surface area (Å²) in [7, 11) is 0. The molecule has 0 radical (unpaired) electrons. The fraction of sp³-hybridized carbons (Fsp3) is 0.120. The van der Waals surface area contributed by atoms with Gasteiger partial charge >= 0.3 is 0 Å². The molecule has 5 heteroatoms. The topological polar surface area (TPSA) is 70.6 Å². The first-order valence-electron chi connectivity index (χ1n) is 18.8. The Morgan fingerprint density at radius 1 is 0.491 bits per heavy atom. The summed E-state index contributed by atoms with van der Waals surface area (Å²) in [6, 6.07) is 52.3. The monoisotopic (exact) mass is 716 g/mol. The second-order valence-electron chi connectivity index (χ2n) is 15.6. The number of aliphatic hydroxyl groups is 1. The largest absolute Gasteiger partial charge is 0.453 e. The standard InChI is InChI=1S/C25H21NO2.C25H19NO/c1-25(2,27)20-11-5-6-12-21(20)26-22-13-7-10-18-19-15-14-16-8-3-4-9-17(16)23(19)28-24(18)22;1-25(2)19-9-5-6-10-21(19)26-22-20(25)14-13-18-17-12-11-15-7-3-4-8-16(15)23(17)27-24(18)22/h3-15,26-27H,1-2H3;3-14,26H,1-2H3. The van der Waals surface area contributed by atoms with Crippen molar-refractivity contribution in [1.82, 2.24) is 0 Å². The SMILES string of the molecule is CC(C)(O)c1ccccc1Nc1cccc2c1oc1c3ccccc3ccc21.CC1(C)c2ccccc2Nc2c1ccc1c2oc2c3ccccc3ccc12. The third-order valence-electron chi connectivity index (χ3n) is 11.3. The maximum absolute atomic E-state index is 10.5. The van der Waals surface area contributed by atoms with Crippen LogP contribution >= 0.6 is 0 Å². The van der Waals surface area contributed by atoms with E-state index in [4.69, 9.17) is 8.83 Å². The molecule has 55 heavy (non-hydrogen) atoms. The maximum atomic E-state index is 10.5. The summed E-state index contributed by atoms with van der Waals surface area (Å²) in [5.41, 5.74) is 10.1. The molecule has 0 saturated carbocycles. The number of nitrogens with one attached hydrogen (secondary N) is 2. The molecule has 0 fully saturated rings. The predicted octanol–water partition coefficient (Wildman–Crippen LogP) is 13.8. The quantitative estimate of drug-likeness (QED) is 0.170. The summed E-state index contributed by atoms with van der Waals surface area (Å²) in [4.78, 5) is 0. The van der Waals surface area contributed by atoms with Crippen molar-refractivity contribution in [3.63, 3.8) is 0 Å². The van der Waals surface area contributed by atoms with E-state index in [1.54, 1.807) is 13.8 Å². The van der Waals surface area contributed by atoms with E-state index in [1.165, 1.54) is 21.9 Å². The summed E-state index contributed by atoms with van der Waals surface area (Å²) >= 11 is 0. The number of anilines is 4. The van der Waals surface area contributed by atoms with Crippen LogP contribution in [0.5, 0.6) is 0 Å². The number of hydrogen-bond donors (Lipinski definition) is 3. The normalized spacial score (nSPS) is 13.5. The Kier molecular flexibility index (Phi) is 7.35. The number of fused-ring (bicyclic) bond motifs is 13. The molecule has 0 aliphatic carbocycles. The Bertz CT molecular complexity index is 3120. The van der Waals surface area contributed by atoms with E-state index in [9.17, 15) is 5.11 Å². The van der Waals surface area contributed by atoms with Crippen LogP contribution in [0.4, 0.5) is 22.7 Å². The lowest BCUT2D eigenvalue weighted by molar-refractivity contribution is 0.0794. The zero-order valence-electron chi connectivity index (χ0n) is 31.2. The van der Waals surface area contributed by atoms with Crippen molar-refractivity contribution in [2.45, 2.75) is 38.7 Å². The van der Waals surface area contributed by atoms with Gasteiger partial charge in [0.1, 0.15) is 11.2 Å². The van der Waals surface area contributed by atoms with E-state index in [1.807, 2.05) is 48.5 Å². The second-order valence-corrected chi connectivity index (χ2v) is 15.6. The smallest absolute Gasteiger partial charge is 0.159 e. The van der Waals surface area contributed by atoms with Gasteiger partial charge in [-0.2, -0.15) is 0 Å². The zero-order valence-corrected chi connectivity index (χ0v) is 31.2. The molecule has 10 aromatic rings. The minimum absolute atomic E-state index is 0.0770. The molecule has 0 saturated heterocycles. The van der Waals surface area contributed by atoms with E-state index in [0.717, 1.165) is 83.0 Å². The first kappa shape index (κ1) is 33.0. The second kappa shape index (κ2) is 12.2. The van der Waals surface area contributed by atoms with E-state index >= 15 is 0 Å². The van der Waals surface area contributed by atoms with Crippen molar-refractivity contribution >= 4 is 88.2 Å². The lowest BCUT2D eigenvalue weighted by Crippen LogP contribution is -2.25. The van der Waals surface area contributed by atoms with Gasteiger partial charge in [0.2, 0.25) is 0 Å². The average Bonchev–Trinajstić information content (AvgIpc) is 3.78. The van der Waals surface area contributed by atoms with Crippen LogP contribution in [0.3, 0.4) is 0 Å². The fourth-order valence-corrected chi connectivity index (χ4v) is 8.53. The molecular weight excluding hydrogens is 677 g/mol. The first-order valence-corrected chi connectivity index (χ1v) is 18.8. The van der Waals surface area contributed by atoms with Gasteiger partial charge in [-0.25, -0.2) is 0 Å². The average molecular weight is 717 g/mol. The van der Waals surface area contributed by atoms with Crippen LogP contribution in [-0.4, -0.2) is 5.11 Å². The van der Waals surface area contributed by atoms with Gasteiger partial charge < -0.3 is 24.6 Å². The minimum Gasteiger partial charge on any atom is -0.453 e. The molecule has 1 aliphatic rings. The van der Waals surface area contributed by atoms with Crippen LogP contribution in [0.2, 0.25) is 0 Å². The van der Waals surface area contributed by atoms with Crippen molar-refractivity contribution in [3.05, 3.63) is 168 Å². The maximum Gasteiger partial charge on any atom is 0.159 e. The highest BCUT2D eigenvalue weighted by Crippen LogP contribution is 2.49. The summed E-state index contributed by atoms with van der Waals surface area (Å²) in [6.45, 7) is 8.16. The Morgan fingerprint density at radius 2 is 1.02 bits per heavy atom. The molecular formula is C50H40N2O3. The summed E-state index contributed by atoms with van der Waals surface area (Å²) < 4.78 is 12.9. The molecule has 3 heterocycles. The lowest BCUT2D eigenvalue weighted by atomic mass is 9.74. The zero-order chi connectivity index (χ0) is 37.5. The lowest BCUT2D eigenvalue weighted by Gasteiger charge is -2.35. The van der Waals surface area contributed by atoms with Crippen LogP contribution in [0.15, 0.2) is 160 Å². The Balaban J connectivity index is 0.000000135. The van der Waals surface area contributed by atoms with Crippen molar-refractivity contribution in [3.8, 4) is 0 Å². The van der Waals surface area contributed by atoms with Crippen molar-refractivity contribution in [2.24, 2.45) is 0 Å². The molecule has 0 unspecified atom stereocenters. The number of hydrogen-bond acceptors (Lipinski definition) is 5. The highest BCUT2D eigenvalue weighted by atomic mass is 16.3. The van der Waals surface area contributed by atoms with Crippen LogP contribution in [0, 0.1) is 0 Å². The molecule has 0 atom stereocenters. The fourth-order valence-electron chi connectivity index (χ4n) is 8.53. The van der Waals surface area contributed by atoms with Crippen molar-refractivity contribution < 1.29 is 13.9 Å². The highest BCUT2D eigenvalue weighted by Gasteiger charge is 2.34. The Morgan fingerprint density at radius 3 is 1.73 bits per heavy atom. The van der Waals surface area contributed by atoms with Gasteiger partial charge in [0, 0.05) is 54.7 Å². The molecule has 1 aliphatic heterocycles. The molecule has 0 bridgehead atoms. The van der Waals surface area contributed by atoms with Crippen LogP contribution in [-0.2, 0) is 11.0 Å². The van der Waals surface area contributed by atoms with E-state index in [2.05, 4.69) is 128 Å². The number of benzene rings is 8. The summed E-state index contributed by atoms with van der Waals surface area (Å²) in [6.07, 6.45) is 0. The molecule has 0 spiro atoms. The highest BCUT2D eigenvalue weighted by molar-refractivity contribution is 6.18. The van der Waals surface area contributed by atoms with Gasteiger partial charge in [0.25, 0.3) is 0 Å². The van der Waals surface area contributed by atoms with Crippen LogP contribution in [0.1, 0.15) is 44.4 Å². The third-order valence-corrected chi connectivity index (χ3v) is 11.3. The molecule has 3 N–H and O–H groups in total. The predicted molar refractivity (Wildman–Crippen MR) is 229 cm³/mol. The van der Waals surface area contributed by atoms with Crippen molar-refractivity contribution in [2.75, 3.05) is 10.6 Å². The van der Waals surface area contributed by atoms with Crippen molar-refractivity contribution in [1.29, 1.82) is 0 Å². The molecule has 11 rings (SSSR count). The molecule has 268 valence electrons. The number of rotatable bonds is 3. The van der Waals surface area contributed by atoms with Gasteiger partial charge in [-0.15, -0.1) is 0 Å². The number of para-hydroxylation sites is 3. The molecule has 0 amide bonds. The van der Waals surface area contributed by atoms with Gasteiger partial charge in [-0.1, -0.05) is 135 Å². The van der Waals surface area contributed by atoms with E-state index in [0.29, 0.717) is 0 Å². The van der Waals surface area contributed by atoms with Crippen LogP contribution in [0.25, 0.3) is 65.4 Å². The van der Waals surface area contributed by atoms with Gasteiger partial charge in [-0.3, -0.25) is 0 Å². The third kappa shape index (κ3) is 5.26. The minimum atomic E-state index is -0.943. The van der Waals surface area contributed by atoms with E-state index in [-0.39, 0.29) is 5.41 Å². The molecule has 5 nitrogen and oxygen atoms in total. The van der Waals surface area contributed by atoms with E-state index < -0.39 is 5.60 Å². The van der Waals surface area contributed by atoms with Crippen LogP contribution < -0.4 is 10.6 Å². The van der Waals surface area contributed by atoms with Gasteiger partial charge in [0.05, 0.1) is 17.0 Å². The molecule has 8 aromatic carbocycles. The first-order chi connectivity index (χ1) is 26.7. The summed E-state index contributed by atoms with van der Waals surface area (Å²) in [5, 5.41) is 26.8. The Hall–Kier alpha value is -6.56. The number of furan rings is 2. The molecule has 2 aromatic heterocycles. The summed E-state index contributed by atoms with van der Waals surface area (Å²) in [5.74, 6) is 0. The Labute approximate surface area is 318 Å². The van der Waals surface area contributed by atoms with Gasteiger partial charge in [-0.05, 0) is 66.1 Å². The van der Waals surface area contributed by atoms with Gasteiger partial charge in [0.15, 0.2) is 11.2 Å².